The minimum Gasteiger partial charge on any atom is -0.462 e. The lowest BCUT2D eigenvalue weighted by Gasteiger charge is -2.20. The Hall–Kier alpha value is -2.04. The van der Waals surface area contributed by atoms with Crippen LogP contribution in [0.5, 0.6) is 0 Å². The average Bonchev–Trinajstić information content (AvgIpc) is 3.26. The maximum atomic E-state index is 12.7. The van der Waals surface area contributed by atoms with Gasteiger partial charge in [-0.05, 0) is 31.6 Å². The van der Waals surface area contributed by atoms with Crippen LogP contribution in [-0.4, -0.2) is 104 Å². The topological polar surface area (TPSA) is 256 Å². The van der Waals surface area contributed by atoms with Crippen molar-refractivity contribution >= 4 is 27.6 Å². The number of carbonyl (C=O) groups excluding carboxylic acids is 2. The maximum absolute atomic E-state index is 12.7. The van der Waals surface area contributed by atoms with Crippen LogP contribution < -0.4 is 0 Å². The quantitative estimate of drug-likeness (QED) is 0.0130. The van der Waals surface area contributed by atoms with E-state index in [0.29, 0.717) is 6.42 Å². The van der Waals surface area contributed by atoms with Gasteiger partial charge in [0.2, 0.25) is 0 Å². The predicted octanol–water partition coefficient (Wildman–Crippen LogP) is 9.39. The Morgan fingerprint density at radius 2 is 1.03 bits per heavy atom. The number of hydrogen-bond donors (Lipinski definition) is 7. The van der Waals surface area contributed by atoms with Gasteiger partial charge in [-0.2, -0.15) is 0 Å². The Balaban J connectivity index is 4.75. The zero-order valence-electron chi connectivity index (χ0n) is 39.6. The first-order valence-corrected chi connectivity index (χ1v) is 27.1. The van der Waals surface area contributed by atoms with Crippen LogP contribution >= 0.6 is 15.6 Å². The highest BCUT2D eigenvalue weighted by Crippen LogP contribution is 2.44. The molecule has 0 aliphatic heterocycles. The Labute approximate surface area is 389 Å². The van der Waals surface area contributed by atoms with Gasteiger partial charge in [0.15, 0.2) is 6.10 Å². The first-order chi connectivity index (χ1) is 31.0. The molecule has 18 heteroatoms. The van der Waals surface area contributed by atoms with Crippen molar-refractivity contribution in [3.8, 4) is 0 Å². The summed E-state index contributed by atoms with van der Waals surface area (Å²) in [5.41, 5.74) is 0. The fourth-order valence-electron chi connectivity index (χ4n) is 6.41. The molecule has 0 spiro atoms. The summed E-state index contributed by atoms with van der Waals surface area (Å²) >= 11 is 0. The van der Waals surface area contributed by atoms with Crippen molar-refractivity contribution in [2.24, 2.45) is 5.92 Å². The van der Waals surface area contributed by atoms with E-state index in [1.54, 1.807) is 42.5 Å². The molecule has 380 valence electrons. The number of aliphatic hydroxyl groups is 4. The molecule has 0 radical (unpaired) electrons. The van der Waals surface area contributed by atoms with Crippen LogP contribution in [0.1, 0.15) is 175 Å². The number of phosphoric ester groups is 2. The van der Waals surface area contributed by atoms with E-state index in [9.17, 15) is 44.0 Å². The first-order valence-electron chi connectivity index (χ1n) is 24.1. The second-order valence-electron chi connectivity index (χ2n) is 16.8. The van der Waals surface area contributed by atoms with E-state index in [4.69, 9.17) is 23.8 Å². The van der Waals surface area contributed by atoms with Crippen molar-refractivity contribution in [1.29, 1.82) is 0 Å². The molecule has 0 rings (SSSR count). The van der Waals surface area contributed by atoms with Gasteiger partial charge in [-0.1, -0.05) is 185 Å². The number of esters is 2. The van der Waals surface area contributed by atoms with Gasteiger partial charge < -0.3 is 44.6 Å². The summed E-state index contributed by atoms with van der Waals surface area (Å²) < 4.78 is 47.6. The van der Waals surface area contributed by atoms with E-state index in [-0.39, 0.29) is 25.7 Å². The van der Waals surface area contributed by atoms with Gasteiger partial charge in [0, 0.05) is 12.8 Å². The van der Waals surface area contributed by atoms with Crippen LogP contribution in [0.3, 0.4) is 0 Å². The van der Waals surface area contributed by atoms with E-state index in [1.807, 2.05) is 0 Å². The molecule has 0 aliphatic carbocycles. The molecule has 0 saturated heterocycles. The molecular weight excluding hydrogens is 882 g/mol. The van der Waals surface area contributed by atoms with Gasteiger partial charge in [0.05, 0.1) is 38.1 Å². The zero-order chi connectivity index (χ0) is 48.6. The van der Waals surface area contributed by atoms with Crippen molar-refractivity contribution in [3.63, 3.8) is 0 Å². The van der Waals surface area contributed by atoms with Gasteiger partial charge in [0.25, 0.3) is 0 Å². The number of rotatable bonds is 44. The Morgan fingerprint density at radius 1 is 0.538 bits per heavy atom. The second-order valence-corrected chi connectivity index (χ2v) is 19.5. The monoisotopic (exact) mass is 969 g/mol. The third kappa shape index (κ3) is 43.0. The maximum Gasteiger partial charge on any atom is 0.472 e. The van der Waals surface area contributed by atoms with Gasteiger partial charge in [-0.3, -0.25) is 23.2 Å². The van der Waals surface area contributed by atoms with Crippen LogP contribution in [-0.2, 0) is 41.8 Å². The number of carbonyl (C=O) groups is 2. The molecular formula is C47H86O16P2. The highest BCUT2D eigenvalue weighted by Gasteiger charge is 2.28. The molecule has 0 bridgehead atoms. The molecule has 0 heterocycles. The number of unbranched alkanes of at least 4 members (excludes halogenated alkanes) is 15. The van der Waals surface area contributed by atoms with E-state index < -0.39 is 84.5 Å². The third-order valence-electron chi connectivity index (χ3n) is 10.6. The molecule has 7 N–H and O–H groups in total. The summed E-state index contributed by atoms with van der Waals surface area (Å²) in [6.45, 7) is 3.64. The number of phosphoric acid groups is 2. The number of hydrogen-bond acceptors (Lipinski definition) is 13. The van der Waals surface area contributed by atoms with Crippen LogP contribution in [0.15, 0.2) is 48.6 Å². The molecule has 0 aliphatic rings. The van der Waals surface area contributed by atoms with E-state index in [1.165, 1.54) is 76.7 Å². The standard InChI is InChI=1S/C47H86O16P2/c1-4-6-23-30-41(48)31-25-20-17-18-21-26-32-44(50)45(51)33-28-35-46(52)59-38-43(39-62-65(57,58)61-37-42(49)36-60-64(54,55)56)63-47(53)34-27-22-16-14-12-10-8-7-9-11-13-15-19-24-29-40(3)5-2/h17-18,20-21,25-26,31-32,40-45,48-51H,4-16,19,22-24,27-30,33-39H2,1-3H3,(H,57,58)(H2,54,55,56)/b20-17-,21-18+,31-25+,32-26+/t40?,41-,42+,43-,44-,45-/m1/s1. The van der Waals surface area contributed by atoms with E-state index in [2.05, 4.69) is 29.8 Å². The Bertz CT molecular complexity index is 1400. The van der Waals surface area contributed by atoms with Crippen molar-refractivity contribution in [2.45, 2.75) is 205 Å². The van der Waals surface area contributed by atoms with E-state index in [0.717, 1.165) is 57.3 Å². The highest BCUT2D eigenvalue weighted by atomic mass is 31.2. The number of ether oxygens (including phenoxy) is 2. The molecule has 7 atom stereocenters. The molecule has 16 nitrogen and oxygen atoms in total. The highest BCUT2D eigenvalue weighted by molar-refractivity contribution is 7.47. The summed E-state index contributed by atoms with van der Waals surface area (Å²) in [5.74, 6) is -0.515. The molecule has 65 heavy (non-hydrogen) atoms. The van der Waals surface area contributed by atoms with Gasteiger partial charge in [-0.15, -0.1) is 0 Å². The minimum atomic E-state index is -4.90. The normalized spacial score (nSPS) is 16.3. The lowest BCUT2D eigenvalue weighted by molar-refractivity contribution is -0.161. The zero-order valence-corrected chi connectivity index (χ0v) is 41.4. The Kier molecular flexibility index (Phi) is 39.7. The summed E-state index contributed by atoms with van der Waals surface area (Å²) in [5, 5.41) is 40.3. The molecule has 0 aromatic heterocycles. The first kappa shape index (κ1) is 63.0. The van der Waals surface area contributed by atoms with Crippen LogP contribution in [0.4, 0.5) is 0 Å². The molecule has 0 aromatic rings. The van der Waals surface area contributed by atoms with Gasteiger partial charge >= 0.3 is 27.6 Å². The summed E-state index contributed by atoms with van der Waals surface area (Å²) in [6, 6.07) is 0. The average molecular weight is 969 g/mol. The van der Waals surface area contributed by atoms with E-state index >= 15 is 0 Å². The summed E-state index contributed by atoms with van der Waals surface area (Å²) in [6.07, 6.45) is 30.3. The molecule has 2 unspecified atom stereocenters. The van der Waals surface area contributed by atoms with Crippen LogP contribution in [0, 0.1) is 5.92 Å². The molecule has 0 saturated carbocycles. The fourth-order valence-corrected chi connectivity index (χ4v) is 7.57. The fraction of sp³-hybridized carbons (Fsp3) is 0.787. The largest absolute Gasteiger partial charge is 0.472 e. The van der Waals surface area contributed by atoms with Crippen LogP contribution in [0.2, 0.25) is 0 Å². The Morgan fingerprint density at radius 3 is 1.60 bits per heavy atom. The SMILES string of the molecule is CCCCC[C@@H](O)/C=C/C=C\C=C\C=C\[C@@H](O)[C@H](O)CCCC(=O)OC[C@H](COP(=O)(O)OC[C@@H](O)COP(=O)(O)O)OC(=O)CCCCCCCCCCCCCCCCC(C)CC. The summed E-state index contributed by atoms with van der Waals surface area (Å²) in [4.78, 5) is 52.9. The lowest BCUT2D eigenvalue weighted by Crippen LogP contribution is -2.30. The predicted molar refractivity (Wildman–Crippen MR) is 252 cm³/mol. The number of aliphatic hydroxyl groups excluding tert-OH is 4. The van der Waals surface area contributed by atoms with Crippen LogP contribution in [0.25, 0.3) is 0 Å². The van der Waals surface area contributed by atoms with Crippen molar-refractivity contribution < 1.29 is 76.9 Å². The molecule has 0 amide bonds. The summed E-state index contributed by atoms with van der Waals surface area (Å²) in [7, 11) is -9.80. The smallest absolute Gasteiger partial charge is 0.462 e. The lowest BCUT2D eigenvalue weighted by atomic mass is 9.99. The van der Waals surface area contributed by atoms with Gasteiger partial charge in [-0.25, -0.2) is 9.13 Å². The third-order valence-corrected chi connectivity index (χ3v) is 12.1. The van der Waals surface area contributed by atoms with Crippen molar-refractivity contribution in [3.05, 3.63) is 48.6 Å². The molecule has 0 fully saturated rings. The van der Waals surface area contributed by atoms with Gasteiger partial charge in [0.1, 0.15) is 12.7 Å². The second kappa shape index (κ2) is 41.0. The minimum absolute atomic E-state index is 0.0594. The van der Waals surface area contributed by atoms with Crippen molar-refractivity contribution in [2.75, 3.05) is 26.4 Å². The van der Waals surface area contributed by atoms with Crippen molar-refractivity contribution in [1.82, 2.24) is 0 Å². The molecule has 0 aromatic carbocycles. The number of allylic oxidation sites excluding steroid dienone is 6.